The minimum atomic E-state index is -0.132. The zero-order valence-electron chi connectivity index (χ0n) is 14.9. The fourth-order valence-corrected chi connectivity index (χ4v) is 3.36. The molecule has 0 aliphatic rings. The number of rotatable bonds is 3. The van der Waals surface area contributed by atoms with Crippen molar-refractivity contribution in [2.45, 2.75) is 13.8 Å². The molecule has 0 saturated heterocycles. The van der Waals surface area contributed by atoms with Gasteiger partial charge in [0.15, 0.2) is 5.58 Å². The Morgan fingerprint density at radius 1 is 1.00 bits per heavy atom. The molecule has 27 heavy (non-hydrogen) atoms. The minimum Gasteiger partial charge on any atom is -0.436 e. The van der Waals surface area contributed by atoms with Crippen LogP contribution < -0.4 is 5.32 Å². The van der Waals surface area contributed by atoms with Gasteiger partial charge in [0.25, 0.3) is 5.91 Å². The van der Waals surface area contributed by atoms with E-state index in [0.717, 1.165) is 37.0 Å². The maximum atomic E-state index is 12.3. The standard InChI is InChI=1S/C22H17IN2O2/c1-13-11-14(2)20-19(12-13)25-22(27-20)16-5-9-18(10-6-16)24-21(26)15-3-7-17(23)8-4-15/h3-12H,1-2H3,(H,24,26). The lowest BCUT2D eigenvalue weighted by molar-refractivity contribution is 0.102. The fraction of sp³-hybridized carbons (Fsp3) is 0.0909. The molecule has 0 saturated carbocycles. The van der Waals surface area contributed by atoms with Crippen LogP contribution in [-0.2, 0) is 0 Å². The highest BCUT2D eigenvalue weighted by molar-refractivity contribution is 14.1. The first-order valence-electron chi connectivity index (χ1n) is 8.55. The molecule has 1 N–H and O–H groups in total. The van der Waals surface area contributed by atoms with Gasteiger partial charge in [-0.15, -0.1) is 0 Å². The molecule has 0 bridgehead atoms. The van der Waals surface area contributed by atoms with Crippen LogP contribution in [0.1, 0.15) is 21.5 Å². The molecule has 1 heterocycles. The predicted molar refractivity (Wildman–Crippen MR) is 116 cm³/mol. The number of fused-ring (bicyclic) bond motifs is 1. The molecule has 4 aromatic rings. The number of halogens is 1. The average molecular weight is 468 g/mol. The molecule has 0 fully saturated rings. The molecule has 1 aromatic heterocycles. The number of carbonyl (C=O) groups is 1. The second kappa shape index (κ2) is 7.15. The largest absolute Gasteiger partial charge is 0.436 e. The first-order valence-corrected chi connectivity index (χ1v) is 9.62. The smallest absolute Gasteiger partial charge is 0.255 e. The lowest BCUT2D eigenvalue weighted by atomic mass is 10.1. The monoisotopic (exact) mass is 468 g/mol. The summed E-state index contributed by atoms with van der Waals surface area (Å²) >= 11 is 2.21. The van der Waals surface area contributed by atoms with Crippen LogP contribution in [0.25, 0.3) is 22.6 Å². The van der Waals surface area contributed by atoms with E-state index in [9.17, 15) is 4.79 Å². The van der Waals surface area contributed by atoms with Crippen molar-refractivity contribution in [2.75, 3.05) is 5.32 Å². The van der Waals surface area contributed by atoms with Gasteiger partial charge in [-0.1, -0.05) is 6.07 Å². The molecule has 3 aromatic carbocycles. The van der Waals surface area contributed by atoms with Crippen molar-refractivity contribution in [3.8, 4) is 11.5 Å². The van der Waals surface area contributed by atoms with Crippen molar-refractivity contribution < 1.29 is 9.21 Å². The van der Waals surface area contributed by atoms with E-state index in [1.807, 2.05) is 68.4 Å². The number of benzene rings is 3. The van der Waals surface area contributed by atoms with Crippen molar-refractivity contribution >= 4 is 45.3 Å². The number of amides is 1. The summed E-state index contributed by atoms with van der Waals surface area (Å²) in [6.07, 6.45) is 0. The molecule has 0 radical (unpaired) electrons. The number of hydrogen-bond acceptors (Lipinski definition) is 3. The number of anilines is 1. The molecule has 0 unspecified atom stereocenters. The highest BCUT2D eigenvalue weighted by Gasteiger charge is 2.11. The molecule has 134 valence electrons. The Morgan fingerprint density at radius 3 is 2.41 bits per heavy atom. The average Bonchev–Trinajstić information content (AvgIpc) is 3.07. The summed E-state index contributed by atoms with van der Waals surface area (Å²) in [6, 6.07) is 19.1. The molecule has 0 aliphatic heterocycles. The normalized spacial score (nSPS) is 10.9. The third kappa shape index (κ3) is 3.73. The molecule has 0 spiro atoms. The highest BCUT2D eigenvalue weighted by atomic mass is 127. The Morgan fingerprint density at radius 2 is 1.70 bits per heavy atom. The summed E-state index contributed by atoms with van der Waals surface area (Å²) < 4.78 is 7.04. The van der Waals surface area contributed by atoms with E-state index in [1.165, 1.54) is 0 Å². The number of nitrogens with one attached hydrogen (secondary N) is 1. The molecule has 4 nitrogen and oxygen atoms in total. The van der Waals surface area contributed by atoms with Crippen LogP contribution >= 0.6 is 22.6 Å². The van der Waals surface area contributed by atoms with E-state index in [0.29, 0.717) is 11.5 Å². The molecular formula is C22H17IN2O2. The van der Waals surface area contributed by atoms with Gasteiger partial charge >= 0.3 is 0 Å². The predicted octanol–water partition coefficient (Wildman–Crippen LogP) is 5.97. The molecule has 4 rings (SSSR count). The van der Waals surface area contributed by atoms with Crippen LogP contribution in [0.15, 0.2) is 65.1 Å². The number of aryl methyl sites for hydroxylation is 2. The molecule has 0 aliphatic carbocycles. The summed E-state index contributed by atoms with van der Waals surface area (Å²) in [4.78, 5) is 16.9. The number of carbonyl (C=O) groups excluding carboxylic acids is 1. The van der Waals surface area contributed by atoms with Crippen LogP contribution in [0.4, 0.5) is 5.69 Å². The maximum Gasteiger partial charge on any atom is 0.255 e. The SMILES string of the molecule is Cc1cc(C)c2oc(-c3ccc(NC(=O)c4ccc(I)cc4)cc3)nc2c1. The lowest BCUT2D eigenvalue weighted by Gasteiger charge is -2.06. The third-order valence-electron chi connectivity index (χ3n) is 4.32. The van der Waals surface area contributed by atoms with Crippen molar-refractivity contribution in [3.63, 3.8) is 0 Å². The van der Waals surface area contributed by atoms with Crippen LogP contribution in [0.2, 0.25) is 0 Å². The summed E-state index contributed by atoms with van der Waals surface area (Å²) in [5.74, 6) is 0.446. The van der Waals surface area contributed by atoms with Crippen molar-refractivity contribution in [2.24, 2.45) is 0 Å². The van der Waals surface area contributed by atoms with Crippen LogP contribution in [0, 0.1) is 17.4 Å². The molecular weight excluding hydrogens is 451 g/mol. The van der Waals surface area contributed by atoms with Crippen LogP contribution in [0.3, 0.4) is 0 Å². The van der Waals surface area contributed by atoms with Gasteiger partial charge in [-0.05, 0) is 102 Å². The van der Waals surface area contributed by atoms with Gasteiger partial charge in [-0.2, -0.15) is 0 Å². The molecule has 5 heteroatoms. The number of aromatic nitrogens is 1. The summed E-state index contributed by atoms with van der Waals surface area (Å²) in [5.41, 5.74) is 6.13. The van der Waals surface area contributed by atoms with E-state index in [1.54, 1.807) is 0 Å². The van der Waals surface area contributed by atoms with Gasteiger partial charge in [0.05, 0.1) is 0 Å². The van der Waals surface area contributed by atoms with Gasteiger partial charge in [0, 0.05) is 20.4 Å². The number of oxazole rings is 1. The number of nitrogens with zero attached hydrogens (tertiary/aromatic N) is 1. The van der Waals surface area contributed by atoms with E-state index in [4.69, 9.17) is 4.42 Å². The Balaban J connectivity index is 1.56. The van der Waals surface area contributed by atoms with E-state index >= 15 is 0 Å². The highest BCUT2D eigenvalue weighted by Crippen LogP contribution is 2.28. The first kappa shape index (κ1) is 17.7. The van der Waals surface area contributed by atoms with Crippen LogP contribution in [-0.4, -0.2) is 10.9 Å². The van der Waals surface area contributed by atoms with Gasteiger partial charge in [-0.3, -0.25) is 4.79 Å². The zero-order chi connectivity index (χ0) is 19.0. The zero-order valence-corrected chi connectivity index (χ0v) is 17.1. The fourth-order valence-electron chi connectivity index (χ4n) is 3.00. The molecule has 1 amide bonds. The third-order valence-corrected chi connectivity index (χ3v) is 5.04. The van der Waals surface area contributed by atoms with Gasteiger partial charge < -0.3 is 9.73 Å². The van der Waals surface area contributed by atoms with Crippen molar-refractivity contribution in [1.82, 2.24) is 4.98 Å². The maximum absolute atomic E-state index is 12.3. The Labute approximate surface area is 170 Å². The van der Waals surface area contributed by atoms with Crippen molar-refractivity contribution in [3.05, 3.63) is 80.9 Å². The van der Waals surface area contributed by atoms with Crippen LogP contribution in [0.5, 0.6) is 0 Å². The first-order chi connectivity index (χ1) is 13.0. The van der Waals surface area contributed by atoms with E-state index < -0.39 is 0 Å². The Kier molecular flexibility index (Phi) is 4.70. The second-order valence-electron chi connectivity index (χ2n) is 6.49. The Hall–Kier alpha value is -2.67. The van der Waals surface area contributed by atoms with Crippen molar-refractivity contribution in [1.29, 1.82) is 0 Å². The topological polar surface area (TPSA) is 55.1 Å². The van der Waals surface area contributed by atoms with Gasteiger partial charge in [0.1, 0.15) is 5.52 Å². The van der Waals surface area contributed by atoms with Gasteiger partial charge in [0.2, 0.25) is 5.89 Å². The second-order valence-corrected chi connectivity index (χ2v) is 7.73. The summed E-state index contributed by atoms with van der Waals surface area (Å²) in [6.45, 7) is 4.07. The quantitative estimate of drug-likeness (QED) is 0.377. The summed E-state index contributed by atoms with van der Waals surface area (Å²) in [7, 11) is 0. The lowest BCUT2D eigenvalue weighted by Crippen LogP contribution is -2.11. The molecule has 0 atom stereocenters. The van der Waals surface area contributed by atoms with Gasteiger partial charge in [-0.25, -0.2) is 4.98 Å². The Bertz CT molecular complexity index is 1130. The number of hydrogen-bond donors (Lipinski definition) is 1. The minimum absolute atomic E-state index is 0.132. The van der Waals surface area contributed by atoms with E-state index in [-0.39, 0.29) is 5.91 Å². The summed E-state index contributed by atoms with van der Waals surface area (Å²) in [5, 5.41) is 2.91. The van der Waals surface area contributed by atoms with E-state index in [2.05, 4.69) is 39.0 Å².